The topological polar surface area (TPSA) is 54.2 Å². The SMILES string of the molecule is CCNC(=NCc1ccnn1C)NCC1CC1.I. The molecule has 5 nitrogen and oxygen atoms in total. The highest BCUT2D eigenvalue weighted by molar-refractivity contribution is 14.0. The van der Waals surface area contributed by atoms with Gasteiger partial charge in [-0.2, -0.15) is 5.10 Å². The van der Waals surface area contributed by atoms with E-state index in [4.69, 9.17) is 0 Å². The van der Waals surface area contributed by atoms with Gasteiger partial charge in [0.05, 0.1) is 12.2 Å². The highest BCUT2D eigenvalue weighted by Crippen LogP contribution is 2.27. The second kappa shape index (κ2) is 7.60. The fourth-order valence-corrected chi connectivity index (χ4v) is 1.62. The van der Waals surface area contributed by atoms with E-state index >= 15 is 0 Å². The fraction of sp³-hybridized carbons (Fsp3) is 0.667. The third kappa shape index (κ3) is 4.83. The van der Waals surface area contributed by atoms with E-state index in [1.54, 1.807) is 6.20 Å². The summed E-state index contributed by atoms with van der Waals surface area (Å²) in [5.41, 5.74) is 1.12. The van der Waals surface area contributed by atoms with E-state index < -0.39 is 0 Å². The van der Waals surface area contributed by atoms with Crippen molar-refractivity contribution in [1.82, 2.24) is 20.4 Å². The Hall–Kier alpha value is -0.790. The number of hydrogen-bond acceptors (Lipinski definition) is 2. The minimum absolute atomic E-state index is 0. The molecule has 1 aromatic rings. The normalized spacial score (nSPS) is 15.1. The molecule has 0 radical (unpaired) electrons. The Bertz CT molecular complexity index is 384. The van der Waals surface area contributed by atoms with E-state index in [1.807, 2.05) is 17.8 Å². The van der Waals surface area contributed by atoms with Crippen molar-refractivity contribution in [3.05, 3.63) is 18.0 Å². The van der Waals surface area contributed by atoms with E-state index in [0.29, 0.717) is 6.54 Å². The summed E-state index contributed by atoms with van der Waals surface area (Å²) >= 11 is 0. The predicted molar refractivity (Wildman–Crippen MR) is 84.2 cm³/mol. The van der Waals surface area contributed by atoms with Gasteiger partial charge in [0.25, 0.3) is 0 Å². The molecule has 0 atom stereocenters. The van der Waals surface area contributed by atoms with Crippen molar-refractivity contribution >= 4 is 29.9 Å². The van der Waals surface area contributed by atoms with Crippen LogP contribution < -0.4 is 10.6 Å². The first-order valence-electron chi connectivity index (χ1n) is 6.28. The van der Waals surface area contributed by atoms with Crippen molar-refractivity contribution in [3.8, 4) is 0 Å². The smallest absolute Gasteiger partial charge is 0.191 e. The van der Waals surface area contributed by atoms with E-state index in [1.165, 1.54) is 12.8 Å². The number of nitrogens with zero attached hydrogens (tertiary/aromatic N) is 3. The lowest BCUT2D eigenvalue weighted by atomic mass is 10.4. The van der Waals surface area contributed by atoms with Crippen molar-refractivity contribution in [2.24, 2.45) is 18.0 Å². The fourth-order valence-electron chi connectivity index (χ4n) is 1.62. The monoisotopic (exact) mass is 363 g/mol. The van der Waals surface area contributed by atoms with Crippen LogP contribution in [0.2, 0.25) is 0 Å². The number of guanidine groups is 1. The largest absolute Gasteiger partial charge is 0.357 e. The van der Waals surface area contributed by atoms with Crippen LogP contribution in [0.1, 0.15) is 25.5 Å². The minimum Gasteiger partial charge on any atom is -0.357 e. The minimum atomic E-state index is 0. The van der Waals surface area contributed by atoms with Gasteiger partial charge in [-0.3, -0.25) is 4.68 Å². The number of aliphatic imine (C=N–C) groups is 1. The number of aryl methyl sites for hydroxylation is 1. The highest BCUT2D eigenvalue weighted by atomic mass is 127. The van der Waals surface area contributed by atoms with Crippen LogP contribution in [0, 0.1) is 5.92 Å². The van der Waals surface area contributed by atoms with Crippen molar-refractivity contribution in [1.29, 1.82) is 0 Å². The van der Waals surface area contributed by atoms with Crippen molar-refractivity contribution in [2.45, 2.75) is 26.3 Å². The molecule has 0 bridgehead atoms. The molecule has 102 valence electrons. The van der Waals surface area contributed by atoms with Crippen LogP contribution in [-0.2, 0) is 13.6 Å². The van der Waals surface area contributed by atoms with Gasteiger partial charge in [-0.25, -0.2) is 4.99 Å². The van der Waals surface area contributed by atoms with E-state index in [9.17, 15) is 0 Å². The van der Waals surface area contributed by atoms with Gasteiger partial charge in [0.1, 0.15) is 0 Å². The van der Waals surface area contributed by atoms with Crippen LogP contribution in [0.5, 0.6) is 0 Å². The Morgan fingerprint density at radius 2 is 2.28 bits per heavy atom. The van der Waals surface area contributed by atoms with E-state index in [0.717, 1.165) is 30.7 Å². The average Bonchev–Trinajstić information content (AvgIpc) is 3.06. The molecule has 0 spiro atoms. The molecule has 1 aliphatic rings. The molecule has 2 N–H and O–H groups in total. The van der Waals surface area contributed by atoms with Gasteiger partial charge < -0.3 is 10.6 Å². The van der Waals surface area contributed by atoms with Crippen molar-refractivity contribution in [2.75, 3.05) is 13.1 Å². The summed E-state index contributed by atoms with van der Waals surface area (Å²) in [5.74, 6) is 1.76. The molecule has 1 aromatic heterocycles. The van der Waals surface area contributed by atoms with Crippen molar-refractivity contribution < 1.29 is 0 Å². The lowest BCUT2D eigenvalue weighted by Crippen LogP contribution is -2.38. The quantitative estimate of drug-likeness (QED) is 0.474. The van der Waals surface area contributed by atoms with Crippen LogP contribution in [0.15, 0.2) is 17.3 Å². The molecular weight excluding hydrogens is 341 g/mol. The Labute approximate surface area is 125 Å². The first-order chi connectivity index (χ1) is 8.29. The molecule has 0 aromatic carbocycles. The van der Waals surface area contributed by atoms with Crippen LogP contribution >= 0.6 is 24.0 Å². The molecule has 0 aliphatic heterocycles. The first-order valence-corrected chi connectivity index (χ1v) is 6.28. The van der Waals surface area contributed by atoms with Gasteiger partial charge in [-0.05, 0) is 31.7 Å². The Balaban J connectivity index is 0.00000162. The molecule has 1 heterocycles. The maximum Gasteiger partial charge on any atom is 0.191 e. The van der Waals surface area contributed by atoms with Gasteiger partial charge in [0.15, 0.2) is 5.96 Å². The van der Waals surface area contributed by atoms with Gasteiger partial charge in [0.2, 0.25) is 0 Å². The summed E-state index contributed by atoms with van der Waals surface area (Å²) in [6.07, 6.45) is 4.51. The molecule has 0 saturated heterocycles. The lowest BCUT2D eigenvalue weighted by Gasteiger charge is -2.10. The molecule has 0 amide bonds. The first kappa shape index (κ1) is 15.3. The van der Waals surface area contributed by atoms with Crippen LogP contribution in [0.3, 0.4) is 0 Å². The van der Waals surface area contributed by atoms with E-state index in [2.05, 4.69) is 27.6 Å². The van der Waals surface area contributed by atoms with Crippen molar-refractivity contribution in [3.63, 3.8) is 0 Å². The van der Waals surface area contributed by atoms with Gasteiger partial charge in [0, 0.05) is 26.3 Å². The van der Waals surface area contributed by atoms with Crippen LogP contribution in [-0.4, -0.2) is 28.8 Å². The summed E-state index contributed by atoms with van der Waals surface area (Å²) in [5, 5.41) is 10.8. The number of rotatable bonds is 5. The second-order valence-electron chi connectivity index (χ2n) is 4.47. The summed E-state index contributed by atoms with van der Waals surface area (Å²) in [6.45, 7) is 4.67. The van der Waals surface area contributed by atoms with Gasteiger partial charge >= 0.3 is 0 Å². The molecule has 2 rings (SSSR count). The third-order valence-corrected chi connectivity index (χ3v) is 2.92. The standard InChI is InChI=1S/C12H21N5.HI/c1-3-13-12(14-8-10-4-5-10)15-9-11-6-7-16-17(11)2;/h6-7,10H,3-5,8-9H2,1-2H3,(H2,13,14,15);1H. The van der Waals surface area contributed by atoms with Gasteiger partial charge in [-0.1, -0.05) is 0 Å². The maximum atomic E-state index is 4.55. The zero-order valence-electron chi connectivity index (χ0n) is 11.0. The van der Waals surface area contributed by atoms with E-state index in [-0.39, 0.29) is 24.0 Å². The maximum absolute atomic E-state index is 4.55. The Kier molecular flexibility index (Phi) is 6.45. The number of halogens is 1. The molecular formula is C12H22IN5. The number of aromatic nitrogens is 2. The molecule has 1 saturated carbocycles. The summed E-state index contributed by atoms with van der Waals surface area (Å²) in [4.78, 5) is 4.55. The number of nitrogens with one attached hydrogen (secondary N) is 2. The molecule has 1 fully saturated rings. The second-order valence-corrected chi connectivity index (χ2v) is 4.47. The molecule has 18 heavy (non-hydrogen) atoms. The molecule has 0 unspecified atom stereocenters. The molecule has 1 aliphatic carbocycles. The molecule has 6 heteroatoms. The average molecular weight is 363 g/mol. The number of hydrogen-bond donors (Lipinski definition) is 2. The lowest BCUT2D eigenvalue weighted by molar-refractivity contribution is 0.702. The van der Waals surface area contributed by atoms with Crippen LogP contribution in [0.25, 0.3) is 0 Å². The highest BCUT2D eigenvalue weighted by Gasteiger charge is 2.20. The predicted octanol–water partition coefficient (Wildman–Crippen LogP) is 1.50. The van der Waals surface area contributed by atoms with Gasteiger partial charge in [-0.15, -0.1) is 24.0 Å². The van der Waals surface area contributed by atoms with Crippen LogP contribution in [0.4, 0.5) is 0 Å². The summed E-state index contributed by atoms with van der Waals surface area (Å²) in [6, 6.07) is 1.99. The zero-order chi connectivity index (χ0) is 12.1. The zero-order valence-corrected chi connectivity index (χ0v) is 13.3. The summed E-state index contributed by atoms with van der Waals surface area (Å²) < 4.78 is 1.86. The Morgan fingerprint density at radius 1 is 1.50 bits per heavy atom. The summed E-state index contributed by atoms with van der Waals surface area (Å²) in [7, 11) is 1.94. The Morgan fingerprint density at radius 3 is 2.83 bits per heavy atom. The third-order valence-electron chi connectivity index (χ3n) is 2.92.